The van der Waals surface area contributed by atoms with Crippen molar-refractivity contribution >= 4 is 19.5 Å². The van der Waals surface area contributed by atoms with Gasteiger partial charge < -0.3 is 25.4 Å². The van der Waals surface area contributed by atoms with Gasteiger partial charge in [-0.05, 0) is 50.2 Å². The Morgan fingerprint density at radius 1 is 1.15 bits per heavy atom. The second-order valence-corrected chi connectivity index (χ2v) is 5.13. The monoisotopic (exact) mass is 367 g/mol. The minimum Gasteiger partial charge on any atom is -0.492 e. The summed E-state index contributed by atoms with van der Waals surface area (Å²) in [6.45, 7) is 11.7. The first kappa shape index (κ1) is 26.0. The largest absolute Gasteiger partial charge is 0.492 e. The van der Waals surface area contributed by atoms with E-state index in [0.29, 0.717) is 18.2 Å². The fraction of sp³-hybridized carbons (Fsp3) is 0.526. The Morgan fingerprint density at radius 3 is 2.12 bits per heavy atom. The maximum Gasteiger partial charge on any atom is 0.251 e. The van der Waals surface area contributed by atoms with Gasteiger partial charge in [0.25, 0.3) is 5.91 Å². The predicted octanol–water partition coefficient (Wildman–Crippen LogP) is 1.50. The molecular formula is C19H33N3O4. The summed E-state index contributed by atoms with van der Waals surface area (Å²) in [4.78, 5) is 29.8. The van der Waals surface area contributed by atoms with Crippen molar-refractivity contribution in [3.63, 3.8) is 0 Å². The van der Waals surface area contributed by atoms with Gasteiger partial charge in [-0.15, -0.1) is 0 Å². The van der Waals surface area contributed by atoms with Crippen molar-refractivity contribution in [1.82, 2.24) is 10.2 Å². The summed E-state index contributed by atoms with van der Waals surface area (Å²) in [6.07, 6.45) is 2.14. The molecule has 0 atom stereocenters. The summed E-state index contributed by atoms with van der Waals surface area (Å²) in [7, 11) is 1.62. The van der Waals surface area contributed by atoms with E-state index in [1.807, 2.05) is 39.6 Å². The summed E-state index contributed by atoms with van der Waals surface area (Å²) < 4.78 is 5.70. The number of carbonyl (C=O) groups is 3. The van der Waals surface area contributed by atoms with E-state index >= 15 is 0 Å². The Hall–Kier alpha value is -2.25. The zero-order valence-corrected chi connectivity index (χ0v) is 16.2. The second-order valence-electron chi connectivity index (χ2n) is 5.13. The van der Waals surface area contributed by atoms with Gasteiger partial charge in [-0.25, -0.2) is 0 Å². The topological polar surface area (TPSA) is 102 Å². The van der Waals surface area contributed by atoms with Crippen molar-refractivity contribution in [3.05, 3.63) is 29.8 Å². The molecule has 148 valence electrons. The molecule has 3 N–H and O–H groups in total. The number of nitrogens with one attached hydrogen (secondary N) is 1. The van der Waals surface area contributed by atoms with Crippen LogP contribution < -0.4 is 15.8 Å². The molecule has 1 saturated heterocycles. The van der Waals surface area contributed by atoms with Crippen LogP contribution in [0.4, 0.5) is 0 Å². The van der Waals surface area contributed by atoms with Crippen LogP contribution in [0.5, 0.6) is 5.75 Å². The van der Waals surface area contributed by atoms with Gasteiger partial charge in [0.05, 0.1) is 0 Å². The van der Waals surface area contributed by atoms with E-state index in [1.165, 1.54) is 0 Å². The molecule has 0 radical (unpaired) electrons. The molecule has 1 aromatic carbocycles. The number of nitrogens with zero attached hydrogens (tertiary/aromatic N) is 1. The third kappa shape index (κ3) is 10.6. The van der Waals surface area contributed by atoms with E-state index < -0.39 is 0 Å². The molecular weight excluding hydrogens is 334 g/mol. The number of amides is 1. The number of hydrogen-bond acceptors (Lipinski definition) is 6. The zero-order valence-electron chi connectivity index (χ0n) is 16.2. The number of hydrogen-bond donors (Lipinski definition) is 2. The highest BCUT2D eigenvalue weighted by Crippen LogP contribution is 2.13. The quantitative estimate of drug-likeness (QED) is 0.818. The predicted molar refractivity (Wildman–Crippen MR) is 105 cm³/mol. The van der Waals surface area contributed by atoms with Crippen LogP contribution in [-0.4, -0.2) is 63.7 Å². The smallest absolute Gasteiger partial charge is 0.251 e. The van der Waals surface area contributed by atoms with E-state index in [1.54, 1.807) is 19.2 Å². The van der Waals surface area contributed by atoms with Gasteiger partial charge in [0.2, 0.25) is 0 Å². The summed E-state index contributed by atoms with van der Waals surface area (Å²) >= 11 is 0. The first-order valence-electron chi connectivity index (χ1n) is 8.69. The molecule has 1 heterocycles. The van der Waals surface area contributed by atoms with Crippen molar-refractivity contribution in [1.29, 1.82) is 0 Å². The minimum atomic E-state index is -0.0822. The van der Waals surface area contributed by atoms with Gasteiger partial charge in [0, 0.05) is 25.2 Å². The van der Waals surface area contributed by atoms with Crippen molar-refractivity contribution in [3.8, 4) is 5.75 Å². The lowest BCUT2D eigenvalue weighted by atomic mass is 10.1. The molecule has 1 aliphatic rings. The van der Waals surface area contributed by atoms with Gasteiger partial charge in [-0.3, -0.25) is 9.69 Å². The molecule has 0 bridgehead atoms. The van der Waals surface area contributed by atoms with Crippen molar-refractivity contribution < 1.29 is 19.1 Å². The maximum absolute atomic E-state index is 11.4. The SMILES string of the molecule is C=O.C=O.CC.CNC(=O)c1ccc(OCCN2CCC(N)CC2)cc1. The Labute approximate surface area is 156 Å². The molecule has 0 spiro atoms. The van der Waals surface area contributed by atoms with Crippen LogP contribution in [0.1, 0.15) is 37.0 Å². The average molecular weight is 367 g/mol. The van der Waals surface area contributed by atoms with E-state index in [0.717, 1.165) is 38.2 Å². The highest BCUT2D eigenvalue weighted by atomic mass is 16.5. The molecule has 26 heavy (non-hydrogen) atoms. The van der Waals surface area contributed by atoms with Crippen LogP contribution in [0, 0.1) is 0 Å². The van der Waals surface area contributed by atoms with Crippen LogP contribution in [-0.2, 0) is 9.59 Å². The number of nitrogens with two attached hydrogens (primary N) is 1. The molecule has 1 aromatic rings. The fourth-order valence-electron chi connectivity index (χ4n) is 2.32. The Balaban J connectivity index is 0. The molecule has 0 unspecified atom stereocenters. The van der Waals surface area contributed by atoms with Gasteiger partial charge >= 0.3 is 0 Å². The first-order valence-corrected chi connectivity index (χ1v) is 8.69. The highest BCUT2D eigenvalue weighted by Gasteiger charge is 2.15. The molecule has 0 aromatic heterocycles. The van der Waals surface area contributed by atoms with Crippen molar-refractivity contribution in [2.24, 2.45) is 5.73 Å². The van der Waals surface area contributed by atoms with Crippen LogP contribution >= 0.6 is 0 Å². The van der Waals surface area contributed by atoms with Crippen molar-refractivity contribution in [2.45, 2.75) is 32.7 Å². The number of ether oxygens (including phenoxy) is 1. The molecule has 1 aliphatic heterocycles. The lowest BCUT2D eigenvalue weighted by Crippen LogP contribution is -2.41. The molecule has 0 aliphatic carbocycles. The summed E-state index contributed by atoms with van der Waals surface area (Å²) in [5.41, 5.74) is 6.52. The summed E-state index contributed by atoms with van der Waals surface area (Å²) in [5.74, 6) is 0.715. The summed E-state index contributed by atoms with van der Waals surface area (Å²) in [6, 6.07) is 7.57. The number of rotatable bonds is 5. The number of piperidine rings is 1. The molecule has 0 saturated carbocycles. The lowest BCUT2D eigenvalue weighted by molar-refractivity contribution is -0.0987. The van der Waals surface area contributed by atoms with Crippen LogP contribution in [0.25, 0.3) is 0 Å². The van der Waals surface area contributed by atoms with E-state index in [4.69, 9.17) is 20.1 Å². The van der Waals surface area contributed by atoms with Crippen LogP contribution in [0.2, 0.25) is 0 Å². The van der Waals surface area contributed by atoms with E-state index in [-0.39, 0.29) is 5.91 Å². The first-order chi connectivity index (χ1) is 12.7. The average Bonchev–Trinajstić information content (AvgIpc) is 2.74. The maximum atomic E-state index is 11.4. The fourth-order valence-corrected chi connectivity index (χ4v) is 2.32. The number of benzene rings is 1. The summed E-state index contributed by atoms with van der Waals surface area (Å²) in [5, 5.41) is 2.59. The highest BCUT2D eigenvalue weighted by molar-refractivity contribution is 5.94. The lowest BCUT2D eigenvalue weighted by Gasteiger charge is -2.29. The molecule has 7 heteroatoms. The second kappa shape index (κ2) is 17.6. The van der Waals surface area contributed by atoms with Gasteiger partial charge in [0.1, 0.15) is 25.9 Å². The standard InChI is InChI=1S/C15H23N3O2.C2H6.2CH2O/c1-17-15(19)12-2-4-14(5-3-12)20-11-10-18-8-6-13(16)7-9-18;3*1-2/h2-5,13H,6-11,16H2,1H3,(H,17,19);1-2H3;2*1H2. The molecule has 1 fully saturated rings. The Morgan fingerprint density at radius 2 is 1.65 bits per heavy atom. The van der Waals surface area contributed by atoms with Gasteiger partial charge in [-0.1, -0.05) is 13.8 Å². The molecule has 2 rings (SSSR count). The third-order valence-corrected chi connectivity index (χ3v) is 3.65. The normalized spacial score (nSPS) is 13.5. The number of carbonyl (C=O) groups excluding carboxylic acids is 3. The van der Waals surface area contributed by atoms with Crippen LogP contribution in [0.3, 0.4) is 0 Å². The zero-order chi connectivity index (χ0) is 20.4. The minimum absolute atomic E-state index is 0.0822. The molecule has 7 nitrogen and oxygen atoms in total. The molecule has 1 amide bonds. The van der Waals surface area contributed by atoms with Crippen LogP contribution in [0.15, 0.2) is 24.3 Å². The number of likely N-dealkylation sites (tertiary alicyclic amines) is 1. The Bertz CT molecular complexity index is 458. The van der Waals surface area contributed by atoms with E-state index in [9.17, 15) is 4.79 Å². The van der Waals surface area contributed by atoms with E-state index in [2.05, 4.69) is 10.2 Å². The van der Waals surface area contributed by atoms with Crippen molar-refractivity contribution in [2.75, 3.05) is 33.3 Å². The van der Waals surface area contributed by atoms with Gasteiger partial charge in [0.15, 0.2) is 0 Å². The Kier molecular flexibility index (Phi) is 17.6. The third-order valence-electron chi connectivity index (χ3n) is 3.65. The van der Waals surface area contributed by atoms with Gasteiger partial charge in [-0.2, -0.15) is 0 Å².